The lowest BCUT2D eigenvalue weighted by atomic mass is 9.59. The minimum Gasteiger partial charge on any atom is -0.300 e. The Morgan fingerprint density at radius 1 is 1.41 bits per heavy atom. The van der Waals surface area contributed by atoms with Gasteiger partial charge in [-0.05, 0) is 49.4 Å². The van der Waals surface area contributed by atoms with Crippen LogP contribution in [-0.2, 0) is 4.79 Å². The van der Waals surface area contributed by atoms with E-state index in [9.17, 15) is 4.79 Å². The van der Waals surface area contributed by atoms with Crippen molar-refractivity contribution in [1.29, 1.82) is 0 Å². The molecule has 1 saturated carbocycles. The number of rotatable bonds is 5. The average molecular weight is 238 g/mol. The van der Waals surface area contributed by atoms with Crippen molar-refractivity contribution in [3.63, 3.8) is 0 Å². The molecular weight excluding hydrogens is 208 g/mol. The van der Waals surface area contributed by atoms with Gasteiger partial charge in [0.05, 0.1) is 0 Å². The SMILES string of the molecule is CC(=O)CC[C@@H]1[C@@H](C)CCC[C@]1(C)CC(C)C. The molecule has 1 fully saturated rings. The maximum atomic E-state index is 11.2. The third-order valence-electron chi connectivity index (χ3n) is 4.67. The maximum Gasteiger partial charge on any atom is 0.129 e. The van der Waals surface area contributed by atoms with Crippen molar-refractivity contribution in [3.05, 3.63) is 0 Å². The number of ketones is 1. The van der Waals surface area contributed by atoms with Crippen LogP contribution in [0.2, 0.25) is 0 Å². The number of hydrogen-bond acceptors (Lipinski definition) is 1. The maximum absolute atomic E-state index is 11.2. The fourth-order valence-corrected chi connectivity index (χ4v) is 4.08. The van der Waals surface area contributed by atoms with E-state index in [-0.39, 0.29) is 0 Å². The highest BCUT2D eigenvalue weighted by molar-refractivity contribution is 5.75. The Morgan fingerprint density at radius 2 is 2.06 bits per heavy atom. The predicted molar refractivity (Wildman–Crippen MR) is 74.0 cm³/mol. The molecule has 0 aromatic rings. The molecule has 1 aliphatic rings. The molecule has 100 valence electrons. The van der Waals surface area contributed by atoms with Crippen molar-refractivity contribution < 1.29 is 4.79 Å². The van der Waals surface area contributed by atoms with Crippen molar-refractivity contribution in [2.75, 3.05) is 0 Å². The molecular formula is C16H30O. The molecule has 17 heavy (non-hydrogen) atoms. The van der Waals surface area contributed by atoms with Gasteiger partial charge in [-0.15, -0.1) is 0 Å². The minimum absolute atomic E-state index is 0.356. The molecule has 0 unspecified atom stereocenters. The fraction of sp³-hybridized carbons (Fsp3) is 0.938. The van der Waals surface area contributed by atoms with Gasteiger partial charge in [0, 0.05) is 6.42 Å². The summed E-state index contributed by atoms with van der Waals surface area (Å²) in [6, 6.07) is 0. The molecule has 1 nitrogen and oxygen atoms in total. The molecule has 0 amide bonds. The van der Waals surface area contributed by atoms with E-state index in [1.54, 1.807) is 6.92 Å². The van der Waals surface area contributed by atoms with Gasteiger partial charge in [-0.3, -0.25) is 0 Å². The van der Waals surface area contributed by atoms with Gasteiger partial charge in [-0.2, -0.15) is 0 Å². The number of carbonyl (C=O) groups excluding carboxylic acids is 1. The van der Waals surface area contributed by atoms with E-state index < -0.39 is 0 Å². The summed E-state index contributed by atoms with van der Waals surface area (Å²) >= 11 is 0. The third kappa shape index (κ3) is 4.12. The van der Waals surface area contributed by atoms with Crippen LogP contribution in [0.25, 0.3) is 0 Å². The van der Waals surface area contributed by atoms with E-state index >= 15 is 0 Å². The second-order valence-corrected chi connectivity index (χ2v) is 6.97. The lowest BCUT2D eigenvalue weighted by Gasteiger charge is -2.46. The van der Waals surface area contributed by atoms with Gasteiger partial charge in [0.25, 0.3) is 0 Å². The summed E-state index contributed by atoms with van der Waals surface area (Å²) in [5.41, 5.74) is 0.473. The highest BCUT2D eigenvalue weighted by Gasteiger charge is 2.40. The first-order chi connectivity index (χ1) is 7.85. The molecule has 0 aromatic heterocycles. The summed E-state index contributed by atoms with van der Waals surface area (Å²) in [4.78, 5) is 11.2. The Labute approximate surface area is 107 Å². The van der Waals surface area contributed by atoms with Crippen molar-refractivity contribution in [2.45, 2.75) is 73.1 Å². The van der Waals surface area contributed by atoms with Crippen LogP contribution in [0, 0.1) is 23.2 Å². The van der Waals surface area contributed by atoms with Crippen LogP contribution < -0.4 is 0 Å². The van der Waals surface area contributed by atoms with Crippen LogP contribution in [-0.4, -0.2) is 5.78 Å². The Morgan fingerprint density at radius 3 is 2.59 bits per heavy atom. The standard InChI is InChI=1S/C16H30O/c1-12(2)11-16(5)10-6-7-13(3)15(16)9-8-14(4)17/h12-13,15H,6-11H2,1-5H3/t13-,15+,16+/m0/s1. The second kappa shape index (κ2) is 6.02. The molecule has 1 aliphatic carbocycles. The van der Waals surface area contributed by atoms with E-state index in [0.717, 1.165) is 30.6 Å². The summed E-state index contributed by atoms with van der Waals surface area (Å²) < 4.78 is 0. The fourth-order valence-electron chi connectivity index (χ4n) is 4.08. The van der Waals surface area contributed by atoms with Gasteiger partial charge in [-0.25, -0.2) is 0 Å². The van der Waals surface area contributed by atoms with Gasteiger partial charge >= 0.3 is 0 Å². The van der Waals surface area contributed by atoms with Crippen molar-refractivity contribution in [3.8, 4) is 0 Å². The van der Waals surface area contributed by atoms with E-state index in [0.29, 0.717) is 11.2 Å². The molecule has 0 aromatic carbocycles. The van der Waals surface area contributed by atoms with E-state index in [2.05, 4.69) is 27.7 Å². The average Bonchev–Trinajstić information content (AvgIpc) is 2.14. The van der Waals surface area contributed by atoms with Crippen molar-refractivity contribution in [1.82, 2.24) is 0 Å². The number of Topliss-reactive ketones (excluding diaryl/α,β-unsaturated/α-hetero) is 1. The third-order valence-corrected chi connectivity index (χ3v) is 4.67. The largest absolute Gasteiger partial charge is 0.300 e. The van der Waals surface area contributed by atoms with E-state index in [4.69, 9.17) is 0 Å². The van der Waals surface area contributed by atoms with Gasteiger partial charge in [0.15, 0.2) is 0 Å². The predicted octanol–water partition coefficient (Wildman–Crippen LogP) is 4.84. The molecule has 0 heterocycles. The van der Waals surface area contributed by atoms with Crippen molar-refractivity contribution >= 4 is 5.78 Å². The normalized spacial score (nSPS) is 34.0. The van der Waals surface area contributed by atoms with Crippen LogP contribution in [0.1, 0.15) is 73.1 Å². The van der Waals surface area contributed by atoms with E-state index in [1.807, 2.05) is 0 Å². The summed E-state index contributed by atoms with van der Waals surface area (Å²) in [6.07, 6.45) is 7.30. The Kier molecular flexibility index (Phi) is 5.22. The molecule has 0 saturated heterocycles. The van der Waals surface area contributed by atoms with Crippen LogP contribution in [0.15, 0.2) is 0 Å². The molecule has 1 rings (SSSR count). The van der Waals surface area contributed by atoms with Crippen LogP contribution in [0.3, 0.4) is 0 Å². The molecule has 0 bridgehead atoms. The topological polar surface area (TPSA) is 17.1 Å². The highest BCUT2D eigenvalue weighted by Crippen LogP contribution is 2.49. The number of hydrogen-bond donors (Lipinski definition) is 0. The summed E-state index contributed by atoms with van der Waals surface area (Å²) in [7, 11) is 0. The monoisotopic (exact) mass is 238 g/mol. The lowest BCUT2D eigenvalue weighted by molar-refractivity contribution is -0.117. The van der Waals surface area contributed by atoms with Gasteiger partial charge in [-0.1, -0.05) is 40.5 Å². The summed E-state index contributed by atoms with van der Waals surface area (Å²) in [6.45, 7) is 11.2. The smallest absolute Gasteiger partial charge is 0.129 e. The zero-order valence-corrected chi connectivity index (χ0v) is 12.4. The molecule has 3 atom stereocenters. The van der Waals surface area contributed by atoms with Gasteiger partial charge in [0.1, 0.15) is 5.78 Å². The van der Waals surface area contributed by atoms with Crippen LogP contribution in [0.5, 0.6) is 0 Å². The number of carbonyl (C=O) groups is 1. The Balaban J connectivity index is 2.72. The molecule has 0 N–H and O–H groups in total. The van der Waals surface area contributed by atoms with Gasteiger partial charge in [0.2, 0.25) is 0 Å². The van der Waals surface area contributed by atoms with Crippen LogP contribution >= 0.6 is 0 Å². The molecule has 0 aliphatic heterocycles. The zero-order chi connectivity index (χ0) is 13.1. The summed E-state index contributed by atoms with van der Waals surface area (Å²) in [5.74, 6) is 2.68. The molecule has 0 radical (unpaired) electrons. The summed E-state index contributed by atoms with van der Waals surface area (Å²) in [5, 5.41) is 0. The lowest BCUT2D eigenvalue weighted by Crippen LogP contribution is -2.37. The highest BCUT2D eigenvalue weighted by atomic mass is 16.1. The zero-order valence-electron chi connectivity index (χ0n) is 12.4. The quantitative estimate of drug-likeness (QED) is 0.669. The van der Waals surface area contributed by atoms with Crippen molar-refractivity contribution in [2.24, 2.45) is 23.2 Å². The van der Waals surface area contributed by atoms with Crippen LogP contribution in [0.4, 0.5) is 0 Å². The minimum atomic E-state index is 0.356. The first-order valence-electron chi connectivity index (χ1n) is 7.34. The van der Waals surface area contributed by atoms with E-state index in [1.165, 1.54) is 25.7 Å². The first kappa shape index (κ1) is 14.7. The Bertz CT molecular complexity index is 256. The Hall–Kier alpha value is -0.330. The van der Waals surface area contributed by atoms with Gasteiger partial charge < -0.3 is 4.79 Å². The molecule has 1 heteroatoms. The molecule has 0 spiro atoms. The first-order valence-corrected chi connectivity index (χ1v) is 7.34. The second-order valence-electron chi connectivity index (χ2n) is 6.97.